The SMILES string of the molecule is Fc1ccc(N[C@@H]2CCCSC2)cc1F. The summed E-state index contributed by atoms with van der Waals surface area (Å²) in [6.07, 6.45) is 2.29. The maximum absolute atomic E-state index is 12.9. The Bertz CT molecular complexity index is 337. The van der Waals surface area contributed by atoms with Crippen LogP contribution in [0.25, 0.3) is 0 Å². The molecule has 0 unspecified atom stereocenters. The van der Waals surface area contributed by atoms with Gasteiger partial charge in [0.05, 0.1) is 0 Å². The monoisotopic (exact) mass is 229 g/mol. The highest BCUT2D eigenvalue weighted by Crippen LogP contribution is 2.21. The van der Waals surface area contributed by atoms with Gasteiger partial charge in [-0.1, -0.05) is 0 Å². The van der Waals surface area contributed by atoms with Crippen LogP contribution in [0.1, 0.15) is 12.8 Å². The van der Waals surface area contributed by atoms with Gasteiger partial charge in [0, 0.05) is 23.5 Å². The molecule has 1 nitrogen and oxygen atoms in total. The van der Waals surface area contributed by atoms with E-state index in [0.717, 1.165) is 18.2 Å². The lowest BCUT2D eigenvalue weighted by atomic mass is 10.1. The molecule has 1 aliphatic heterocycles. The van der Waals surface area contributed by atoms with Gasteiger partial charge in [0.1, 0.15) is 0 Å². The number of hydrogen-bond acceptors (Lipinski definition) is 2. The molecule has 1 N–H and O–H groups in total. The maximum atomic E-state index is 12.9. The fourth-order valence-corrected chi connectivity index (χ4v) is 2.75. The van der Waals surface area contributed by atoms with Gasteiger partial charge in [-0.05, 0) is 30.7 Å². The van der Waals surface area contributed by atoms with Crippen molar-refractivity contribution in [3.8, 4) is 0 Å². The first kappa shape index (κ1) is 10.7. The van der Waals surface area contributed by atoms with Gasteiger partial charge < -0.3 is 5.32 Å². The van der Waals surface area contributed by atoms with Crippen molar-refractivity contribution < 1.29 is 8.78 Å². The van der Waals surface area contributed by atoms with Gasteiger partial charge in [-0.2, -0.15) is 11.8 Å². The number of halogens is 2. The zero-order valence-electron chi connectivity index (χ0n) is 8.30. The summed E-state index contributed by atoms with van der Waals surface area (Å²) in [5.74, 6) is 0.664. The summed E-state index contributed by atoms with van der Waals surface area (Å²) in [5.41, 5.74) is 0.668. The van der Waals surface area contributed by atoms with Crippen molar-refractivity contribution in [2.24, 2.45) is 0 Å². The molecule has 0 aliphatic carbocycles. The molecular weight excluding hydrogens is 216 g/mol. The molecule has 15 heavy (non-hydrogen) atoms. The van der Waals surface area contributed by atoms with Crippen LogP contribution < -0.4 is 5.32 Å². The van der Waals surface area contributed by atoms with Crippen LogP contribution in [0.5, 0.6) is 0 Å². The minimum atomic E-state index is -0.793. The summed E-state index contributed by atoms with van der Waals surface area (Å²) in [5, 5.41) is 3.22. The van der Waals surface area contributed by atoms with Crippen molar-refractivity contribution in [2.75, 3.05) is 16.8 Å². The highest BCUT2D eigenvalue weighted by Gasteiger charge is 2.13. The quantitative estimate of drug-likeness (QED) is 0.835. The second kappa shape index (κ2) is 4.84. The largest absolute Gasteiger partial charge is 0.381 e. The highest BCUT2D eigenvalue weighted by molar-refractivity contribution is 7.99. The van der Waals surface area contributed by atoms with E-state index in [-0.39, 0.29) is 0 Å². The molecule has 0 saturated carbocycles. The molecule has 1 heterocycles. The fourth-order valence-electron chi connectivity index (χ4n) is 1.68. The molecule has 1 aromatic rings. The molecule has 0 bridgehead atoms. The Morgan fingerprint density at radius 2 is 2.13 bits per heavy atom. The summed E-state index contributed by atoms with van der Waals surface area (Å²) in [4.78, 5) is 0. The third-order valence-corrected chi connectivity index (χ3v) is 3.67. The maximum Gasteiger partial charge on any atom is 0.160 e. The van der Waals surface area contributed by atoms with Crippen molar-refractivity contribution in [1.29, 1.82) is 0 Å². The Morgan fingerprint density at radius 3 is 2.80 bits per heavy atom. The number of anilines is 1. The van der Waals surface area contributed by atoms with Gasteiger partial charge in [0.2, 0.25) is 0 Å². The van der Waals surface area contributed by atoms with Crippen molar-refractivity contribution >= 4 is 17.4 Å². The molecule has 1 aromatic carbocycles. The zero-order valence-corrected chi connectivity index (χ0v) is 9.12. The lowest BCUT2D eigenvalue weighted by molar-refractivity contribution is 0.509. The Balaban J connectivity index is 2.00. The van der Waals surface area contributed by atoms with Gasteiger partial charge in [-0.3, -0.25) is 0 Å². The summed E-state index contributed by atoms with van der Waals surface area (Å²) in [6, 6.07) is 4.34. The molecule has 1 aliphatic rings. The third kappa shape index (κ3) is 2.84. The van der Waals surface area contributed by atoms with Crippen molar-refractivity contribution in [3.05, 3.63) is 29.8 Å². The van der Waals surface area contributed by atoms with Gasteiger partial charge in [0.15, 0.2) is 11.6 Å². The molecule has 82 valence electrons. The normalized spacial score (nSPS) is 21.3. The molecular formula is C11H13F2NS. The van der Waals surface area contributed by atoms with Crippen LogP contribution in [-0.4, -0.2) is 17.5 Å². The summed E-state index contributed by atoms with van der Waals surface area (Å²) >= 11 is 1.90. The van der Waals surface area contributed by atoms with Crippen LogP contribution in [0.2, 0.25) is 0 Å². The predicted octanol–water partition coefficient (Wildman–Crippen LogP) is 3.27. The Labute approximate surface area is 92.3 Å². The van der Waals surface area contributed by atoms with E-state index < -0.39 is 11.6 Å². The summed E-state index contributed by atoms with van der Waals surface area (Å²) < 4.78 is 25.6. The molecule has 1 fully saturated rings. The molecule has 4 heteroatoms. The van der Waals surface area contributed by atoms with Gasteiger partial charge in [0.25, 0.3) is 0 Å². The van der Waals surface area contributed by atoms with Gasteiger partial charge in [-0.25, -0.2) is 8.78 Å². The topological polar surface area (TPSA) is 12.0 Å². The molecule has 1 atom stereocenters. The van der Waals surface area contributed by atoms with Crippen molar-refractivity contribution in [1.82, 2.24) is 0 Å². The lowest BCUT2D eigenvalue weighted by Crippen LogP contribution is -2.25. The zero-order chi connectivity index (χ0) is 10.7. The van der Waals surface area contributed by atoms with E-state index in [1.54, 1.807) is 6.07 Å². The molecule has 0 radical (unpaired) electrons. The average molecular weight is 229 g/mol. The lowest BCUT2D eigenvalue weighted by Gasteiger charge is -2.23. The van der Waals surface area contributed by atoms with Crippen LogP contribution in [0, 0.1) is 11.6 Å². The predicted molar refractivity (Wildman–Crippen MR) is 60.3 cm³/mol. The molecule has 0 amide bonds. The van der Waals surface area contributed by atoms with Gasteiger partial charge in [-0.15, -0.1) is 0 Å². The van der Waals surface area contributed by atoms with Crippen molar-refractivity contribution in [3.63, 3.8) is 0 Å². The van der Waals surface area contributed by atoms with E-state index in [1.807, 2.05) is 11.8 Å². The molecule has 2 rings (SSSR count). The van der Waals surface area contributed by atoms with Crippen LogP contribution in [-0.2, 0) is 0 Å². The Morgan fingerprint density at radius 1 is 1.27 bits per heavy atom. The first-order valence-electron chi connectivity index (χ1n) is 5.05. The summed E-state index contributed by atoms with van der Waals surface area (Å²) in [6.45, 7) is 0. The number of nitrogens with one attached hydrogen (secondary N) is 1. The van der Waals surface area contributed by atoms with Crippen LogP contribution in [0.3, 0.4) is 0 Å². The summed E-state index contributed by atoms with van der Waals surface area (Å²) in [7, 11) is 0. The van der Waals surface area contributed by atoms with Gasteiger partial charge >= 0.3 is 0 Å². The smallest absolute Gasteiger partial charge is 0.160 e. The molecule has 0 spiro atoms. The number of thioether (sulfide) groups is 1. The van der Waals surface area contributed by atoms with E-state index in [4.69, 9.17) is 0 Å². The number of rotatable bonds is 2. The third-order valence-electron chi connectivity index (χ3n) is 2.45. The van der Waals surface area contributed by atoms with Crippen LogP contribution >= 0.6 is 11.8 Å². The van der Waals surface area contributed by atoms with Crippen LogP contribution in [0.15, 0.2) is 18.2 Å². The standard InChI is InChI=1S/C11H13F2NS/c12-10-4-3-8(6-11(10)13)14-9-2-1-5-15-7-9/h3-4,6,9,14H,1-2,5,7H2/t9-/m1/s1. The van der Waals surface area contributed by atoms with E-state index in [1.165, 1.54) is 18.2 Å². The Hall–Kier alpha value is -0.770. The number of hydrogen-bond donors (Lipinski definition) is 1. The van der Waals surface area contributed by atoms with Crippen molar-refractivity contribution in [2.45, 2.75) is 18.9 Å². The second-order valence-corrected chi connectivity index (χ2v) is 4.84. The molecule has 1 saturated heterocycles. The Kier molecular flexibility index (Phi) is 3.46. The van der Waals surface area contributed by atoms with Crippen LogP contribution in [0.4, 0.5) is 14.5 Å². The fraction of sp³-hybridized carbons (Fsp3) is 0.455. The average Bonchev–Trinajstić information content (AvgIpc) is 2.25. The molecule has 0 aromatic heterocycles. The first-order chi connectivity index (χ1) is 7.25. The van der Waals surface area contributed by atoms with E-state index in [2.05, 4.69) is 5.32 Å². The second-order valence-electron chi connectivity index (χ2n) is 3.69. The van der Waals surface area contributed by atoms with E-state index in [0.29, 0.717) is 11.7 Å². The number of benzene rings is 1. The minimum Gasteiger partial charge on any atom is -0.381 e. The van der Waals surface area contributed by atoms with E-state index >= 15 is 0 Å². The highest BCUT2D eigenvalue weighted by atomic mass is 32.2. The van der Waals surface area contributed by atoms with E-state index in [9.17, 15) is 8.78 Å². The first-order valence-corrected chi connectivity index (χ1v) is 6.20. The minimum absolute atomic E-state index is 0.383.